The van der Waals surface area contributed by atoms with Crippen molar-refractivity contribution >= 4 is 13.9 Å². The van der Waals surface area contributed by atoms with Gasteiger partial charge in [-0.2, -0.15) is 5.10 Å². The molecule has 0 bridgehead atoms. The lowest BCUT2D eigenvalue weighted by Crippen LogP contribution is -2.23. The lowest BCUT2D eigenvalue weighted by Gasteiger charge is -2.15. The molecular formula is C12H19F2N3O2Si. The van der Waals surface area contributed by atoms with E-state index in [2.05, 4.69) is 29.7 Å². The standard InChI is InChI=1S/C12H19F2N3O2Si/c1-20(2,3)5-4-19-8-17-11(15-7-16-17)10(18)9-6-12(9,13)14/h7,9H,4-6,8H2,1-3H3. The monoisotopic (exact) mass is 303 g/mol. The van der Waals surface area contributed by atoms with Gasteiger partial charge in [-0.3, -0.25) is 4.79 Å². The van der Waals surface area contributed by atoms with Crippen LogP contribution in [0.4, 0.5) is 8.78 Å². The molecular weight excluding hydrogens is 284 g/mol. The highest BCUT2D eigenvalue weighted by molar-refractivity contribution is 6.76. The SMILES string of the molecule is C[Si](C)(C)CCOCn1ncnc1C(=O)C1CC1(F)F. The third-order valence-corrected chi connectivity index (χ3v) is 4.89. The third-order valence-electron chi connectivity index (χ3n) is 3.19. The average Bonchev–Trinajstić information content (AvgIpc) is 2.75. The Labute approximate surface area is 117 Å². The van der Waals surface area contributed by atoms with Crippen LogP contribution < -0.4 is 0 Å². The summed E-state index contributed by atoms with van der Waals surface area (Å²) in [7, 11) is -1.18. The molecule has 1 saturated carbocycles. The van der Waals surface area contributed by atoms with E-state index in [-0.39, 0.29) is 12.6 Å². The summed E-state index contributed by atoms with van der Waals surface area (Å²) in [6.07, 6.45) is 0.796. The van der Waals surface area contributed by atoms with Crippen molar-refractivity contribution in [2.75, 3.05) is 6.61 Å². The maximum atomic E-state index is 12.9. The molecule has 1 unspecified atom stereocenters. The zero-order valence-corrected chi connectivity index (χ0v) is 12.9. The number of halogens is 2. The van der Waals surface area contributed by atoms with E-state index in [4.69, 9.17) is 4.74 Å². The van der Waals surface area contributed by atoms with E-state index in [1.807, 2.05) is 0 Å². The van der Waals surface area contributed by atoms with Gasteiger partial charge in [-0.1, -0.05) is 19.6 Å². The fourth-order valence-electron chi connectivity index (χ4n) is 1.73. The number of aromatic nitrogens is 3. The summed E-state index contributed by atoms with van der Waals surface area (Å²) in [4.78, 5) is 15.6. The van der Waals surface area contributed by atoms with Crippen molar-refractivity contribution in [2.24, 2.45) is 5.92 Å². The Balaban J connectivity index is 1.88. The van der Waals surface area contributed by atoms with E-state index in [0.29, 0.717) is 6.61 Å². The molecule has 20 heavy (non-hydrogen) atoms. The molecule has 1 atom stereocenters. The highest BCUT2D eigenvalue weighted by atomic mass is 28.3. The number of ketones is 1. The lowest BCUT2D eigenvalue weighted by molar-refractivity contribution is 0.0650. The topological polar surface area (TPSA) is 57.0 Å². The van der Waals surface area contributed by atoms with Gasteiger partial charge >= 0.3 is 0 Å². The van der Waals surface area contributed by atoms with Crippen LogP contribution >= 0.6 is 0 Å². The number of Topliss-reactive ketones (excluding diaryl/α,β-unsaturated/α-hetero) is 1. The number of nitrogens with zero attached hydrogens (tertiary/aromatic N) is 3. The van der Waals surface area contributed by atoms with Crippen molar-refractivity contribution in [3.8, 4) is 0 Å². The first-order chi connectivity index (χ1) is 9.21. The van der Waals surface area contributed by atoms with Crippen LogP contribution in [0.25, 0.3) is 0 Å². The van der Waals surface area contributed by atoms with Gasteiger partial charge < -0.3 is 4.74 Å². The van der Waals surface area contributed by atoms with Crippen molar-refractivity contribution in [3.05, 3.63) is 12.2 Å². The number of ether oxygens (including phenoxy) is 1. The number of hydrogen-bond acceptors (Lipinski definition) is 4. The van der Waals surface area contributed by atoms with Crippen LogP contribution in [0.2, 0.25) is 25.7 Å². The molecule has 112 valence electrons. The number of carbonyl (C=O) groups excluding carboxylic acids is 1. The smallest absolute Gasteiger partial charge is 0.259 e. The van der Waals surface area contributed by atoms with Crippen LogP contribution in [0, 0.1) is 5.92 Å². The Bertz CT molecular complexity index is 499. The molecule has 0 spiro atoms. The van der Waals surface area contributed by atoms with E-state index >= 15 is 0 Å². The molecule has 1 fully saturated rings. The number of hydrogen-bond donors (Lipinski definition) is 0. The van der Waals surface area contributed by atoms with E-state index < -0.39 is 32.1 Å². The van der Waals surface area contributed by atoms with Gasteiger partial charge in [0.1, 0.15) is 13.1 Å². The Kier molecular flexibility index (Phi) is 4.06. The summed E-state index contributed by atoms with van der Waals surface area (Å²) in [6.45, 7) is 7.34. The summed E-state index contributed by atoms with van der Waals surface area (Å²) in [6, 6.07) is 0.992. The highest BCUT2D eigenvalue weighted by Crippen LogP contribution is 2.49. The first-order valence-electron chi connectivity index (χ1n) is 6.58. The summed E-state index contributed by atoms with van der Waals surface area (Å²) in [5.41, 5.74) is 0. The Morgan fingerprint density at radius 2 is 2.20 bits per heavy atom. The molecule has 1 heterocycles. The second kappa shape index (κ2) is 5.32. The van der Waals surface area contributed by atoms with Crippen molar-refractivity contribution < 1.29 is 18.3 Å². The van der Waals surface area contributed by atoms with Crippen molar-refractivity contribution in [1.82, 2.24) is 14.8 Å². The molecule has 0 aromatic carbocycles. The quantitative estimate of drug-likeness (QED) is 0.441. The molecule has 0 aliphatic heterocycles. The van der Waals surface area contributed by atoms with Crippen molar-refractivity contribution in [1.29, 1.82) is 0 Å². The summed E-state index contributed by atoms with van der Waals surface area (Å²) >= 11 is 0. The third kappa shape index (κ3) is 3.69. The lowest BCUT2D eigenvalue weighted by atomic mass is 10.2. The van der Waals surface area contributed by atoms with Gasteiger partial charge in [-0.15, -0.1) is 0 Å². The van der Waals surface area contributed by atoms with E-state index in [9.17, 15) is 13.6 Å². The van der Waals surface area contributed by atoms with Gasteiger partial charge in [-0.05, 0) is 6.04 Å². The zero-order chi connectivity index (χ0) is 15.0. The van der Waals surface area contributed by atoms with Crippen LogP contribution in [0.3, 0.4) is 0 Å². The first kappa shape index (κ1) is 15.2. The molecule has 1 aliphatic carbocycles. The Morgan fingerprint density at radius 3 is 2.75 bits per heavy atom. The van der Waals surface area contributed by atoms with Crippen LogP contribution in [-0.4, -0.2) is 41.2 Å². The average molecular weight is 303 g/mol. The molecule has 0 radical (unpaired) electrons. The minimum absolute atomic E-state index is 0.0415. The molecule has 1 aromatic rings. The van der Waals surface area contributed by atoms with Crippen LogP contribution in [0.15, 0.2) is 6.33 Å². The number of carbonyl (C=O) groups is 1. The predicted octanol–water partition coefficient (Wildman–Crippen LogP) is 2.43. The van der Waals surface area contributed by atoms with Crippen molar-refractivity contribution in [2.45, 2.75) is 44.8 Å². The number of alkyl halides is 2. The van der Waals surface area contributed by atoms with Gasteiger partial charge in [0, 0.05) is 21.1 Å². The van der Waals surface area contributed by atoms with E-state index in [1.165, 1.54) is 11.0 Å². The summed E-state index contributed by atoms with van der Waals surface area (Å²) < 4.78 is 32.5. The molecule has 1 aliphatic rings. The molecule has 1 aromatic heterocycles. The van der Waals surface area contributed by atoms with E-state index in [0.717, 1.165) is 6.04 Å². The summed E-state index contributed by atoms with van der Waals surface area (Å²) in [5, 5.41) is 3.86. The van der Waals surface area contributed by atoms with E-state index in [1.54, 1.807) is 0 Å². The van der Waals surface area contributed by atoms with Gasteiger partial charge in [-0.25, -0.2) is 18.4 Å². The molecule has 0 saturated heterocycles. The highest BCUT2D eigenvalue weighted by Gasteiger charge is 2.62. The van der Waals surface area contributed by atoms with Gasteiger partial charge in [0.25, 0.3) is 5.92 Å². The predicted molar refractivity (Wildman–Crippen MR) is 71.5 cm³/mol. The Hall–Kier alpha value is -1.15. The number of rotatable bonds is 7. The normalized spacial score (nSPS) is 20.9. The summed E-state index contributed by atoms with van der Waals surface area (Å²) in [5.74, 6) is -4.82. The maximum absolute atomic E-state index is 12.9. The second-order valence-electron chi connectivity index (χ2n) is 6.31. The van der Waals surface area contributed by atoms with Crippen LogP contribution in [0.5, 0.6) is 0 Å². The van der Waals surface area contributed by atoms with Gasteiger partial charge in [0.2, 0.25) is 5.78 Å². The molecule has 0 amide bonds. The van der Waals surface area contributed by atoms with Gasteiger partial charge in [0.05, 0.1) is 5.92 Å². The largest absolute Gasteiger partial charge is 0.359 e. The molecule has 0 N–H and O–H groups in total. The maximum Gasteiger partial charge on any atom is 0.259 e. The Morgan fingerprint density at radius 1 is 1.55 bits per heavy atom. The van der Waals surface area contributed by atoms with Crippen molar-refractivity contribution in [3.63, 3.8) is 0 Å². The zero-order valence-electron chi connectivity index (χ0n) is 11.9. The fraction of sp³-hybridized carbons (Fsp3) is 0.750. The van der Waals surface area contributed by atoms with Crippen LogP contribution in [-0.2, 0) is 11.5 Å². The molecule has 5 nitrogen and oxygen atoms in total. The van der Waals surface area contributed by atoms with Gasteiger partial charge in [0.15, 0.2) is 5.82 Å². The van der Waals surface area contributed by atoms with Crippen LogP contribution in [0.1, 0.15) is 17.0 Å². The molecule has 8 heteroatoms. The molecule has 2 rings (SSSR count). The minimum atomic E-state index is -2.88. The fourth-order valence-corrected chi connectivity index (χ4v) is 2.49. The minimum Gasteiger partial charge on any atom is -0.359 e. The second-order valence-corrected chi connectivity index (χ2v) is 11.9. The first-order valence-corrected chi connectivity index (χ1v) is 10.3.